The van der Waals surface area contributed by atoms with Gasteiger partial charge in [0.25, 0.3) is 0 Å². The highest BCUT2D eigenvalue weighted by Gasteiger charge is 2.15. The van der Waals surface area contributed by atoms with Gasteiger partial charge in [-0.1, -0.05) is 35.5 Å². The number of nitrogens with zero attached hydrogens (tertiary/aromatic N) is 3. The minimum absolute atomic E-state index is 0.0461. The molecule has 6 nitrogen and oxygen atoms in total. The van der Waals surface area contributed by atoms with Gasteiger partial charge in [-0.05, 0) is 25.1 Å². The third kappa shape index (κ3) is 4.29. The van der Waals surface area contributed by atoms with Crippen LogP contribution in [0.4, 0.5) is 0 Å². The number of thioether (sulfide) groups is 1. The molecule has 1 heterocycles. The Kier molecular flexibility index (Phi) is 5.66. The lowest BCUT2D eigenvalue weighted by Crippen LogP contribution is -2.07. The van der Waals surface area contributed by atoms with Crippen LogP contribution in [-0.4, -0.2) is 16.1 Å². The summed E-state index contributed by atoms with van der Waals surface area (Å²) in [6.07, 6.45) is 0. The van der Waals surface area contributed by atoms with Crippen LogP contribution in [0, 0.1) is 18.3 Å². The number of aryl methyl sites for hydroxylation is 1. The van der Waals surface area contributed by atoms with Gasteiger partial charge in [-0.25, -0.2) is 4.79 Å². The Balaban J connectivity index is 1.68. The molecule has 0 aliphatic carbocycles. The zero-order valence-corrected chi connectivity index (χ0v) is 14.8. The third-order valence-electron chi connectivity index (χ3n) is 3.52. The average molecular weight is 365 g/mol. The summed E-state index contributed by atoms with van der Waals surface area (Å²) in [7, 11) is 0. The van der Waals surface area contributed by atoms with Crippen LogP contribution in [0.5, 0.6) is 0 Å². The summed E-state index contributed by atoms with van der Waals surface area (Å²) in [6.45, 7) is 1.80. The van der Waals surface area contributed by atoms with Crippen molar-refractivity contribution in [2.24, 2.45) is 0 Å². The Morgan fingerprint density at radius 2 is 2.00 bits per heavy atom. The fourth-order valence-corrected chi connectivity index (χ4v) is 3.15. The highest BCUT2D eigenvalue weighted by atomic mass is 32.2. The summed E-state index contributed by atoms with van der Waals surface area (Å²) in [5.74, 6) is 1.09. The first-order valence-corrected chi connectivity index (χ1v) is 8.82. The maximum absolute atomic E-state index is 12.5. The van der Waals surface area contributed by atoms with Crippen molar-refractivity contribution in [1.82, 2.24) is 10.1 Å². The number of aromatic nitrogens is 2. The van der Waals surface area contributed by atoms with Crippen LogP contribution in [0.3, 0.4) is 0 Å². The largest absolute Gasteiger partial charge is 0.457 e. The van der Waals surface area contributed by atoms with E-state index in [4.69, 9.17) is 14.5 Å². The van der Waals surface area contributed by atoms with E-state index >= 15 is 0 Å². The van der Waals surface area contributed by atoms with E-state index in [1.54, 1.807) is 43.3 Å². The summed E-state index contributed by atoms with van der Waals surface area (Å²) in [6, 6.07) is 16.3. The van der Waals surface area contributed by atoms with Gasteiger partial charge in [0, 0.05) is 10.5 Å². The van der Waals surface area contributed by atoms with Crippen molar-refractivity contribution >= 4 is 17.7 Å². The smallest absolute Gasteiger partial charge is 0.339 e. The Labute approximate surface area is 154 Å². The number of carbonyl (C=O) groups excluding carboxylic acids is 1. The van der Waals surface area contributed by atoms with E-state index in [1.807, 2.05) is 12.1 Å². The fraction of sp³-hybridized carbons (Fsp3) is 0.158. The second kappa shape index (κ2) is 8.32. The molecule has 0 saturated heterocycles. The molecule has 3 aromatic rings. The van der Waals surface area contributed by atoms with E-state index in [1.165, 1.54) is 11.8 Å². The van der Waals surface area contributed by atoms with Crippen LogP contribution in [-0.2, 0) is 17.1 Å². The Bertz CT molecular complexity index is 962. The number of nitriles is 1. The molecule has 0 bridgehead atoms. The quantitative estimate of drug-likeness (QED) is 0.483. The zero-order valence-electron chi connectivity index (χ0n) is 14.0. The molecule has 0 fully saturated rings. The summed E-state index contributed by atoms with van der Waals surface area (Å²) in [5.41, 5.74) is 1.63. The Morgan fingerprint density at radius 1 is 1.23 bits per heavy atom. The predicted octanol–water partition coefficient (Wildman–Crippen LogP) is 3.90. The highest BCUT2D eigenvalue weighted by molar-refractivity contribution is 7.98. The average Bonchev–Trinajstić information content (AvgIpc) is 3.10. The van der Waals surface area contributed by atoms with Gasteiger partial charge in [0.15, 0.2) is 5.82 Å². The molecule has 0 saturated carbocycles. The molecular formula is C19H15N3O3S. The molecule has 2 aromatic carbocycles. The van der Waals surface area contributed by atoms with E-state index < -0.39 is 5.97 Å². The molecule has 26 heavy (non-hydrogen) atoms. The molecule has 0 N–H and O–H groups in total. The van der Waals surface area contributed by atoms with Crippen LogP contribution in [0.2, 0.25) is 0 Å². The second-order valence-electron chi connectivity index (χ2n) is 5.37. The van der Waals surface area contributed by atoms with Gasteiger partial charge >= 0.3 is 5.97 Å². The van der Waals surface area contributed by atoms with Gasteiger partial charge in [0.1, 0.15) is 6.61 Å². The molecule has 130 valence electrons. The van der Waals surface area contributed by atoms with Crippen LogP contribution in [0.25, 0.3) is 0 Å². The fourth-order valence-electron chi connectivity index (χ4n) is 2.28. The number of ether oxygens (including phenoxy) is 1. The monoisotopic (exact) mass is 365 g/mol. The molecule has 0 unspecified atom stereocenters. The molecule has 0 radical (unpaired) electrons. The number of hydrogen-bond donors (Lipinski definition) is 0. The first-order valence-electron chi connectivity index (χ1n) is 7.83. The van der Waals surface area contributed by atoms with Gasteiger partial charge in [-0.15, -0.1) is 11.8 Å². The van der Waals surface area contributed by atoms with Gasteiger partial charge < -0.3 is 9.26 Å². The van der Waals surface area contributed by atoms with Crippen molar-refractivity contribution in [3.63, 3.8) is 0 Å². The molecule has 0 aliphatic rings. The van der Waals surface area contributed by atoms with Crippen LogP contribution in [0.15, 0.2) is 57.9 Å². The van der Waals surface area contributed by atoms with Crippen molar-refractivity contribution in [1.29, 1.82) is 5.26 Å². The first kappa shape index (κ1) is 17.7. The number of esters is 1. The standard InChI is InChI=1S/C19H15N3O3S/c1-13-21-18(25-22-13)12-26-17-9-5-4-8-16(17)19(23)24-11-15-7-3-2-6-14(15)10-20/h2-9H,11-12H2,1H3. The Hall–Kier alpha value is -3.11. The number of carbonyl (C=O) groups is 1. The maximum Gasteiger partial charge on any atom is 0.339 e. The van der Waals surface area contributed by atoms with Crippen LogP contribution < -0.4 is 0 Å². The number of rotatable bonds is 6. The minimum Gasteiger partial charge on any atom is -0.457 e. The highest BCUT2D eigenvalue weighted by Crippen LogP contribution is 2.26. The topological polar surface area (TPSA) is 89.0 Å². The lowest BCUT2D eigenvalue weighted by atomic mass is 10.1. The van der Waals surface area contributed by atoms with Gasteiger partial charge in [-0.3, -0.25) is 0 Å². The van der Waals surface area contributed by atoms with E-state index in [0.29, 0.717) is 34.2 Å². The molecule has 0 aliphatic heterocycles. The maximum atomic E-state index is 12.5. The lowest BCUT2D eigenvalue weighted by molar-refractivity contribution is 0.0468. The summed E-state index contributed by atoms with van der Waals surface area (Å²) in [5, 5.41) is 12.9. The minimum atomic E-state index is -0.442. The molecule has 1 aromatic heterocycles. The van der Waals surface area contributed by atoms with E-state index in [2.05, 4.69) is 16.2 Å². The van der Waals surface area contributed by atoms with Crippen molar-refractivity contribution in [2.75, 3.05) is 0 Å². The predicted molar refractivity (Wildman–Crippen MR) is 95.3 cm³/mol. The van der Waals surface area contributed by atoms with Crippen LogP contribution in [0.1, 0.15) is 33.2 Å². The molecule has 0 atom stereocenters. The van der Waals surface area contributed by atoms with Crippen molar-refractivity contribution < 1.29 is 14.1 Å². The molecule has 3 rings (SSSR count). The molecule has 0 spiro atoms. The Morgan fingerprint density at radius 3 is 2.77 bits per heavy atom. The van der Waals surface area contributed by atoms with Gasteiger partial charge in [0.2, 0.25) is 5.89 Å². The van der Waals surface area contributed by atoms with E-state index in [-0.39, 0.29) is 6.61 Å². The summed E-state index contributed by atoms with van der Waals surface area (Å²) < 4.78 is 10.5. The van der Waals surface area contributed by atoms with Crippen molar-refractivity contribution in [2.45, 2.75) is 24.2 Å². The van der Waals surface area contributed by atoms with E-state index in [0.717, 1.165) is 4.90 Å². The SMILES string of the molecule is Cc1noc(CSc2ccccc2C(=O)OCc2ccccc2C#N)n1. The van der Waals surface area contributed by atoms with Crippen molar-refractivity contribution in [3.8, 4) is 6.07 Å². The zero-order chi connectivity index (χ0) is 18.4. The molecule has 7 heteroatoms. The normalized spacial score (nSPS) is 10.3. The first-order chi connectivity index (χ1) is 12.7. The van der Waals surface area contributed by atoms with E-state index in [9.17, 15) is 4.79 Å². The number of benzene rings is 2. The van der Waals surface area contributed by atoms with Crippen molar-refractivity contribution in [3.05, 3.63) is 76.9 Å². The molecular weight excluding hydrogens is 350 g/mol. The van der Waals surface area contributed by atoms with Gasteiger partial charge in [0.05, 0.1) is 22.9 Å². The van der Waals surface area contributed by atoms with Gasteiger partial charge in [-0.2, -0.15) is 10.2 Å². The lowest BCUT2D eigenvalue weighted by Gasteiger charge is -2.09. The number of hydrogen-bond acceptors (Lipinski definition) is 7. The summed E-state index contributed by atoms with van der Waals surface area (Å²) in [4.78, 5) is 17.4. The van der Waals surface area contributed by atoms with Crippen LogP contribution >= 0.6 is 11.8 Å². The summed E-state index contributed by atoms with van der Waals surface area (Å²) >= 11 is 1.42. The molecule has 0 amide bonds. The second-order valence-corrected chi connectivity index (χ2v) is 6.38. The third-order valence-corrected chi connectivity index (χ3v) is 4.58.